The Morgan fingerprint density at radius 2 is 1.80 bits per heavy atom. The molecule has 25 heavy (non-hydrogen) atoms. The Bertz CT molecular complexity index is 874. The summed E-state index contributed by atoms with van der Waals surface area (Å²) < 4.78 is 0. The minimum atomic E-state index is -0.214. The summed E-state index contributed by atoms with van der Waals surface area (Å²) in [6.45, 7) is 5.98. The van der Waals surface area contributed by atoms with Crippen molar-refractivity contribution in [3.05, 3.63) is 59.7 Å². The van der Waals surface area contributed by atoms with Crippen LogP contribution in [-0.2, 0) is 4.79 Å². The normalized spacial score (nSPS) is 12.0. The molecular formula is C19H19N3OS2. The van der Waals surface area contributed by atoms with E-state index in [1.165, 1.54) is 28.7 Å². The molecule has 0 bridgehead atoms. The third-order valence-electron chi connectivity index (χ3n) is 3.73. The van der Waals surface area contributed by atoms with Crippen molar-refractivity contribution in [2.24, 2.45) is 0 Å². The molecule has 0 spiro atoms. The molecule has 0 aliphatic heterocycles. The number of hydrogen-bond donors (Lipinski definition) is 1. The van der Waals surface area contributed by atoms with Gasteiger partial charge in [-0.25, -0.2) is 0 Å². The molecular weight excluding hydrogens is 350 g/mol. The topological polar surface area (TPSA) is 54.9 Å². The van der Waals surface area contributed by atoms with E-state index in [4.69, 9.17) is 0 Å². The van der Waals surface area contributed by atoms with Crippen molar-refractivity contribution in [3.8, 4) is 10.6 Å². The third kappa shape index (κ3) is 4.46. The van der Waals surface area contributed by atoms with E-state index < -0.39 is 0 Å². The maximum Gasteiger partial charge on any atom is 0.239 e. The predicted octanol–water partition coefficient (Wildman–Crippen LogP) is 4.94. The third-order valence-corrected chi connectivity index (χ3v) is 5.72. The minimum absolute atomic E-state index is 0.0712. The second-order valence-corrected chi connectivity index (χ2v) is 8.18. The zero-order chi connectivity index (χ0) is 17.8. The van der Waals surface area contributed by atoms with Crippen LogP contribution in [0.15, 0.2) is 53.4 Å². The van der Waals surface area contributed by atoms with Crippen molar-refractivity contribution >= 4 is 34.1 Å². The monoisotopic (exact) mass is 369 g/mol. The highest BCUT2D eigenvalue weighted by Crippen LogP contribution is 2.29. The number of amides is 1. The van der Waals surface area contributed by atoms with E-state index in [-0.39, 0.29) is 11.2 Å². The average molecular weight is 370 g/mol. The zero-order valence-electron chi connectivity index (χ0n) is 14.3. The largest absolute Gasteiger partial charge is 0.300 e. The summed E-state index contributed by atoms with van der Waals surface area (Å²) in [5, 5.41) is 12.3. The first-order valence-corrected chi connectivity index (χ1v) is 9.66. The fourth-order valence-corrected chi connectivity index (χ4v) is 3.98. The van der Waals surface area contributed by atoms with Gasteiger partial charge in [-0.2, -0.15) is 0 Å². The number of thioether (sulfide) groups is 1. The molecule has 128 valence electrons. The first-order valence-electron chi connectivity index (χ1n) is 7.96. The predicted molar refractivity (Wildman–Crippen MR) is 105 cm³/mol. The molecule has 0 aliphatic rings. The second kappa shape index (κ2) is 7.80. The molecule has 3 rings (SSSR count). The lowest BCUT2D eigenvalue weighted by Crippen LogP contribution is -2.22. The maximum absolute atomic E-state index is 12.4. The average Bonchev–Trinajstić information content (AvgIpc) is 3.05. The van der Waals surface area contributed by atoms with Gasteiger partial charge in [-0.15, -0.1) is 22.0 Å². The number of nitrogens with one attached hydrogen (secondary N) is 1. The van der Waals surface area contributed by atoms with Crippen molar-refractivity contribution < 1.29 is 4.79 Å². The van der Waals surface area contributed by atoms with Crippen molar-refractivity contribution in [2.75, 3.05) is 5.32 Å². The number of benzene rings is 2. The van der Waals surface area contributed by atoms with Gasteiger partial charge in [-0.1, -0.05) is 53.3 Å². The Hall–Kier alpha value is -2.18. The Balaban J connectivity index is 1.65. The quantitative estimate of drug-likeness (QED) is 0.647. The summed E-state index contributed by atoms with van der Waals surface area (Å²) in [5.41, 5.74) is 3.39. The zero-order valence-corrected chi connectivity index (χ0v) is 15.9. The summed E-state index contributed by atoms with van der Waals surface area (Å²) in [6.07, 6.45) is 0. The van der Waals surface area contributed by atoms with Crippen molar-refractivity contribution in [1.29, 1.82) is 0 Å². The molecule has 1 aromatic heterocycles. The number of hydrogen-bond acceptors (Lipinski definition) is 5. The summed E-state index contributed by atoms with van der Waals surface area (Å²) in [6, 6.07) is 16.2. The Morgan fingerprint density at radius 1 is 1.08 bits per heavy atom. The van der Waals surface area contributed by atoms with Crippen LogP contribution in [0, 0.1) is 13.8 Å². The highest BCUT2D eigenvalue weighted by atomic mass is 32.2. The van der Waals surface area contributed by atoms with Crippen molar-refractivity contribution in [3.63, 3.8) is 0 Å². The van der Waals surface area contributed by atoms with E-state index >= 15 is 0 Å². The van der Waals surface area contributed by atoms with Crippen LogP contribution in [0.1, 0.15) is 18.1 Å². The highest BCUT2D eigenvalue weighted by molar-refractivity contribution is 8.00. The van der Waals surface area contributed by atoms with Crippen LogP contribution in [0.4, 0.5) is 5.13 Å². The number of aryl methyl sites for hydroxylation is 2. The first kappa shape index (κ1) is 17.6. The number of nitrogens with zero attached hydrogens (tertiary/aromatic N) is 2. The van der Waals surface area contributed by atoms with Gasteiger partial charge in [0.15, 0.2) is 0 Å². The van der Waals surface area contributed by atoms with Crippen molar-refractivity contribution in [2.45, 2.75) is 30.9 Å². The first-order chi connectivity index (χ1) is 12.0. The number of rotatable bonds is 5. The van der Waals surface area contributed by atoms with E-state index in [0.717, 1.165) is 21.0 Å². The van der Waals surface area contributed by atoms with Crippen LogP contribution < -0.4 is 5.32 Å². The Kier molecular flexibility index (Phi) is 5.50. The summed E-state index contributed by atoms with van der Waals surface area (Å²) in [5.74, 6) is -0.0712. The van der Waals surface area contributed by atoms with Crippen LogP contribution in [0.5, 0.6) is 0 Å². The molecule has 6 heteroatoms. The van der Waals surface area contributed by atoms with Crippen molar-refractivity contribution in [1.82, 2.24) is 10.2 Å². The van der Waals surface area contributed by atoms with Crippen LogP contribution in [0.3, 0.4) is 0 Å². The van der Waals surface area contributed by atoms with Gasteiger partial charge in [0.05, 0.1) is 5.25 Å². The lowest BCUT2D eigenvalue weighted by molar-refractivity contribution is -0.115. The fraction of sp³-hybridized carbons (Fsp3) is 0.211. The molecule has 1 amide bonds. The van der Waals surface area contributed by atoms with Crippen LogP contribution >= 0.6 is 23.1 Å². The number of aromatic nitrogens is 2. The smallest absolute Gasteiger partial charge is 0.239 e. The number of carbonyl (C=O) groups excluding carboxylic acids is 1. The van der Waals surface area contributed by atoms with E-state index in [0.29, 0.717) is 5.13 Å². The fourth-order valence-electron chi connectivity index (χ4n) is 2.28. The minimum Gasteiger partial charge on any atom is -0.300 e. The second-order valence-electron chi connectivity index (χ2n) is 5.79. The van der Waals surface area contributed by atoms with Gasteiger partial charge in [0.1, 0.15) is 5.01 Å². The lowest BCUT2D eigenvalue weighted by Gasteiger charge is -2.10. The summed E-state index contributed by atoms with van der Waals surface area (Å²) >= 11 is 2.92. The summed E-state index contributed by atoms with van der Waals surface area (Å²) in [4.78, 5) is 13.5. The highest BCUT2D eigenvalue weighted by Gasteiger charge is 2.17. The van der Waals surface area contributed by atoms with Crippen LogP contribution in [-0.4, -0.2) is 21.4 Å². The standard InChI is InChI=1S/C19H19N3OS2/c1-12-8-10-15(11-9-12)24-14(3)17(23)20-19-22-21-18(25-19)16-7-5-4-6-13(16)2/h4-11,14H,1-3H3,(H,20,22,23). The van der Waals surface area contributed by atoms with Gasteiger partial charge in [0, 0.05) is 10.5 Å². The van der Waals surface area contributed by atoms with Gasteiger partial charge in [-0.3, -0.25) is 10.1 Å². The molecule has 1 unspecified atom stereocenters. The molecule has 1 N–H and O–H groups in total. The van der Waals surface area contributed by atoms with Gasteiger partial charge >= 0.3 is 0 Å². The molecule has 0 saturated carbocycles. The van der Waals surface area contributed by atoms with Crippen LogP contribution in [0.2, 0.25) is 0 Å². The molecule has 0 saturated heterocycles. The maximum atomic E-state index is 12.4. The molecule has 1 atom stereocenters. The Morgan fingerprint density at radius 3 is 2.52 bits per heavy atom. The lowest BCUT2D eigenvalue weighted by atomic mass is 10.1. The molecule has 0 radical (unpaired) electrons. The number of anilines is 1. The van der Waals surface area contributed by atoms with E-state index in [1.54, 1.807) is 0 Å². The molecule has 0 aliphatic carbocycles. The summed E-state index contributed by atoms with van der Waals surface area (Å²) in [7, 11) is 0. The Labute approximate surface area is 155 Å². The molecule has 1 heterocycles. The molecule has 2 aromatic carbocycles. The van der Waals surface area contributed by atoms with Gasteiger partial charge in [0.2, 0.25) is 11.0 Å². The van der Waals surface area contributed by atoms with Gasteiger partial charge in [0.25, 0.3) is 0 Å². The van der Waals surface area contributed by atoms with E-state index in [9.17, 15) is 4.79 Å². The van der Waals surface area contributed by atoms with Gasteiger partial charge < -0.3 is 0 Å². The van der Waals surface area contributed by atoms with Crippen LogP contribution in [0.25, 0.3) is 10.6 Å². The van der Waals surface area contributed by atoms with E-state index in [2.05, 4.69) is 15.5 Å². The number of carbonyl (C=O) groups is 1. The van der Waals surface area contributed by atoms with E-state index in [1.807, 2.05) is 69.3 Å². The molecule has 3 aromatic rings. The van der Waals surface area contributed by atoms with Gasteiger partial charge in [-0.05, 0) is 38.5 Å². The molecule has 4 nitrogen and oxygen atoms in total. The molecule has 0 fully saturated rings. The SMILES string of the molecule is Cc1ccc(SC(C)C(=O)Nc2nnc(-c3ccccc3C)s2)cc1.